The molecule has 1 fully saturated rings. The van der Waals surface area contributed by atoms with Crippen LogP contribution in [0.1, 0.15) is 24.1 Å². The molecule has 5 rings (SSSR count). The third-order valence-corrected chi connectivity index (χ3v) is 5.46. The summed E-state index contributed by atoms with van der Waals surface area (Å²) < 4.78 is 13.8. The van der Waals surface area contributed by atoms with Crippen molar-refractivity contribution in [1.82, 2.24) is 9.55 Å². The lowest BCUT2D eigenvalue weighted by Crippen LogP contribution is -2.25. The van der Waals surface area contributed by atoms with Crippen LogP contribution in [-0.4, -0.2) is 35.5 Å². The first kappa shape index (κ1) is 15.8. The van der Waals surface area contributed by atoms with E-state index in [0.717, 1.165) is 17.8 Å². The Morgan fingerprint density at radius 2 is 2.00 bits per heavy atom. The summed E-state index contributed by atoms with van der Waals surface area (Å²) in [6.45, 7) is 4.05. The van der Waals surface area contributed by atoms with Gasteiger partial charge in [0.25, 0.3) is 0 Å². The van der Waals surface area contributed by atoms with Gasteiger partial charge in [0.2, 0.25) is 0 Å². The van der Waals surface area contributed by atoms with Crippen LogP contribution in [-0.2, 0) is 15.9 Å². The summed E-state index contributed by atoms with van der Waals surface area (Å²) in [5.41, 5.74) is 6.64. The standard InChI is InChI=1S/C22H22N2O2/c1-2-26-21-14-25-13-20(21)24-10-9-23-22(24)16-7-8-19-17(12-16)11-15-5-3-4-6-18(15)19/h3-10,12,20-21H,2,11,13-14H2,1H3/t20-,21-/m0/s1. The Bertz CT molecular complexity index is 947. The third-order valence-electron chi connectivity index (χ3n) is 5.46. The monoisotopic (exact) mass is 346 g/mol. The molecule has 0 N–H and O–H groups in total. The van der Waals surface area contributed by atoms with Crippen molar-refractivity contribution < 1.29 is 9.47 Å². The van der Waals surface area contributed by atoms with E-state index in [4.69, 9.17) is 9.47 Å². The van der Waals surface area contributed by atoms with Gasteiger partial charge in [0.1, 0.15) is 11.9 Å². The molecular formula is C22H22N2O2. The van der Waals surface area contributed by atoms with Gasteiger partial charge in [-0.1, -0.05) is 36.4 Å². The molecule has 1 saturated heterocycles. The van der Waals surface area contributed by atoms with Crippen LogP contribution in [0, 0.1) is 0 Å². The van der Waals surface area contributed by atoms with E-state index in [9.17, 15) is 0 Å². The number of hydrogen-bond acceptors (Lipinski definition) is 3. The molecule has 2 heterocycles. The lowest BCUT2D eigenvalue weighted by molar-refractivity contribution is 0.0364. The number of imidazole rings is 1. The first-order valence-electron chi connectivity index (χ1n) is 9.29. The van der Waals surface area contributed by atoms with Crippen molar-refractivity contribution >= 4 is 0 Å². The summed E-state index contributed by atoms with van der Waals surface area (Å²) in [7, 11) is 0. The minimum absolute atomic E-state index is 0.0895. The lowest BCUT2D eigenvalue weighted by atomic mass is 10.0. The van der Waals surface area contributed by atoms with Crippen LogP contribution in [0.15, 0.2) is 54.9 Å². The molecule has 1 aliphatic carbocycles. The molecule has 0 amide bonds. The van der Waals surface area contributed by atoms with Gasteiger partial charge in [-0.15, -0.1) is 0 Å². The van der Waals surface area contributed by atoms with E-state index in [1.807, 2.05) is 19.3 Å². The number of fused-ring (bicyclic) bond motifs is 3. The molecule has 1 aromatic heterocycles. The van der Waals surface area contributed by atoms with Gasteiger partial charge in [-0.25, -0.2) is 4.98 Å². The fraction of sp³-hybridized carbons (Fsp3) is 0.318. The van der Waals surface area contributed by atoms with E-state index in [1.165, 1.54) is 22.3 Å². The molecule has 4 nitrogen and oxygen atoms in total. The Labute approximate surface area is 153 Å². The topological polar surface area (TPSA) is 36.3 Å². The third kappa shape index (κ3) is 2.49. The fourth-order valence-corrected chi connectivity index (χ4v) is 4.24. The van der Waals surface area contributed by atoms with Gasteiger partial charge in [-0.2, -0.15) is 0 Å². The first-order valence-corrected chi connectivity index (χ1v) is 9.29. The zero-order valence-electron chi connectivity index (χ0n) is 14.9. The quantitative estimate of drug-likeness (QED) is 0.558. The number of benzene rings is 2. The molecule has 2 atom stereocenters. The summed E-state index contributed by atoms with van der Waals surface area (Å²) in [4.78, 5) is 4.65. The van der Waals surface area contributed by atoms with Crippen LogP contribution >= 0.6 is 0 Å². The van der Waals surface area contributed by atoms with Crippen LogP contribution in [0.25, 0.3) is 22.5 Å². The largest absolute Gasteiger partial charge is 0.376 e. The van der Waals surface area contributed by atoms with Crippen LogP contribution in [0.2, 0.25) is 0 Å². The van der Waals surface area contributed by atoms with Gasteiger partial charge in [0.05, 0.1) is 19.3 Å². The van der Waals surface area contributed by atoms with Crippen molar-refractivity contribution in [3.05, 3.63) is 66.0 Å². The Morgan fingerprint density at radius 1 is 1.12 bits per heavy atom. The molecule has 2 aliphatic rings. The normalized spacial score (nSPS) is 21.0. The second-order valence-corrected chi connectivity index (χ2v) is 6.96. The predicted molar refractivity (Wildman–Crippen MR) is 101 cm³/mol. The van der Waals surface area contributed by atoms with E-state index < -0.39 is 0 Å². The summed E-state index contributed by atoms with van der Waals surface area (Å²) in [6.07, 6.45) is 5.00. The molecule has 1 aliphatic heterocycles. The van der Waals surface area contributed by atoms with Crippen LogP contribution in [0.5, 0.6) is 0 Å². The molecule has 4 heteroatoms. The second-order valence-electron chi connectivity index (χ2n) is 6.96. The van der Waals surface area contributed by atoms with Gasteiger partial charge in [-0.3, -0.25) is 0 Å². The van der Waals surface area contributed by atoms with Crippen molar-refractivity contribution in [2.45, 2.75) is 25.5 Å². The highest BCUT2D eigenvalue weighted by Gasteiger charge is 2.32. The molecular weight excluding hydrogens is 324 g/mol. The average molecular weight is 346 g/mol. The Kier molecular flexibility index (Phi) is 3.88. The summed E-state index contributed by atoms with van der Waals surface area (Å²) in [6, 6.07) is 15.6. The minimum atomic E-state index is 0.0895. The fourth-order valence-electron chi connectivity index (χ4n) is 4.24. The molecule has 0 saturated carbocycles. The van der Waals surface area contributed by atoms with Crippen LogP contribution < -0.4 is 0 Å². The van der Waals surface area contributed by atoms with Crippen LogP contribution in [0.4, 0.5) is 0 Å². The lowest BCUT2D eigenvalue weighted by Gasteiger charge is -2.21. The second kappa shape index (κ2) is 6.38. The molecule has 3 aromatic rings. The molecule has 26 heavy (non-hydrogen) atoms. The zero-order valence-corrected chi connectivity index (χ0v) is 14.9. The van der Waals surface area contributed by atoms with Gasteiger partial charge in [0, 0.05) is 24.6 Å². The predicted octanol–water partition coefficient (Wildman–Crippen LogP) is 4.10. The highest BCUT2D eigenvalue weighted by molar-refractivity contribution is 5.79. The maximum absolute atomic E-state index is 5.87. The van der Waals surface area contributed by atoms with Crippen molar-refractivity contribution in [2.24, 2.45) is 0 Å². The van der Waals surface area contributed by atoms with E-state index in [0.29, 0.717) is 19.8 Å². The highest BCUT2D eigenvalue weighted by Crippen LogP contribution is 2.38. The van der Waals surface area contributed by atoms with E-state index in [-0.39, 0.29) is 12.1 Å². The Hall–Kier alpha value is -2.43. The smallest absolute Gasteiger partial charge is 0.140 e. The van der Waals surface area contributed by atoms with Gasteiger partial charge in [0.15, 0.2) is 0 Å². The number of hydrogen-bond donors (Lipinski definition) is 0. The summed E-state index contributed by atoms with van der Waals surface area (Å²) in [5, 5.41) is 0. The molecule has 132 valence electrons. The maximum atomic E-state index is 5.87. The van der Waals surface area contributed by atoms with Gasteiger partial charge < -0.3 is 14.0 Å². The molecule has 0 unspecified atom stereocenters. The van der Waals surface area contributed by atoms with Crippen molar-refractivity contribution in [3.63, 3.8) is 0 Å². The summed E-state index contributed by atoms with van der Waals surface area (Å²) >= 11 is 0. The Balaban J connectivity index is 1.51. The first-order chi connectivity index (χ1) is 12.8. The van der Waals surface area contributed by atoms with Crippen LogP contribution in [0.3, 0.4) is 0 Å². The molecule has 0 bridgehead atoms. The Morgan fingerprint density at radius 3 is 2.92 bits per heavy atom. The molecule has 2 aromatic carbocycles. The molecule has 0 spiro atoms. The van der Waals surface area contributed by atoms with Gasteiger partial charge in [-0.05, 0) is 41.7 Å². The molecule has 0 radical (unpaired) electrons. The zero-order chi connectivity index (χ0) is 17.5. The van der Waals surface area contributed by atoms with Crippen molar-refractivity contribution in [3.8, 4) is 22.5 Å². The highest BCUT2D eigenvalue weighted by atomic mass is 16.5. The van der Waals surface area contributed by atoms with Crippen molar-refractivity contribution in [1.29, 1.82) is 0 Å². The maximum Gasteiger partial charge on any atom is 0.140 e. The number of aromatic nitrogens is 2. The van der Waals surface area contributed by atoms with Crippen molar-refractivity contribution in [2.75, 3.05) is 19.8 Å². The summed E-state index contributed by atoms with van der Waals surface area (Å²) in [5.74, 6) is 0.990. The number of nitrogens with zero attached hydrogens (tertiary/aromatic N) is 2. The number of ether oxygens (including phenoxy) is 2. The van der Waals surface area contributed by atoms with E-state index >= 15 is 0 Å². The van der Waals surface area contributed by atoms with Gasteiger partial charge >= 0.3 is 0 Å². The van der Waals surface area contributed by atoms with E-state index in [1.54, 1.807) is 0 Å². The average Bonchev–Trinajstić information content (AvgIpc) is 3.38. The minimum Gasteiger partial charge on any atom is -0.376 e. The number of rotatable bonds is 4. The SMILES string of the molecule is CCO[C@H]1COC[C@@H]1n1ccnc1-c1ccc2c(c1)Cc1ccccc1-2. The van der Waals surface area contributed by atoms with E-state index in [2.05, 4.69) is 52.0 Å².